The standard InChI is InChI=1S/C38H45NO3Si/c1-28(32-23-24-35(41-5)36-33(32)25-26-39(36)43(6,7)37(2,3)4)34(40)27-42-38(29-17-11-8-12-18-29,30-19-13-9-14-20-30)31-21-15-10-16-22-31/h8-26,28,34,40H,27H2,1-7H3/t28-,34-/m0/s1. The summed E-state index contributed by atoms with van der Waals surface area (Å²) in [4.78, 5) is 0. The Balaban J connectivity index is 1.55. The predicted molar refractivity (Wildman–Crippen MR) is 181 cm³/mol. The summed E-state index contributed by atoms with van der Waals surface area (Å²) in [5, 5.41) is 13.1. The van der Waals surface area contributed by atoms with Gasteiger partial charge in [-0.25, -0.2) is 0 Å². The lowest BCUT2D eigenvalue weighted by Crippen LogP contribution is -2.45. The van der Waals surface area contributed by atoms with Crippen LogP contribution in [0, 0.1) is 0 Å². The zero-order valence-electron chi connectivity index (χ0n) is 26.5. The molecular weight excluding hydrogens is 547 g/mol. The van der Waals surface area contributed by atoms with Crippen molar-refractivity contribution in [2.75, 3.05) is 13.7 Å². The number of aromatic nitrogens is 1. The molecule has 4 nitrogen and oxygen atoms in total. The molecule has 224 valence electrons. The SMILES string of the molecule is COc1ccc([C@H](C)[C@@H](O)COC(c2ccccc2)(c2ccccc2)c2ccccc2)c2ccn([Si](C)(C)C(C)(C)C)c12. The van der Waals surface area contributed by atoms with E-state index in [-0.39, 0.29) is 17.6 Å². The van der Waals surface area contributed by atoms with Crippen molar-refractivity contribution >= 4 is 19.1 Å². The molecule has 1 aromatic heterocycles. The minimum absolute atomic E-state index is 0.147. The minimum atomic E-state index is -1.93. The monoisotopic (exact) mass is 591 g/mol. The molecule has 0 radical (unpaired) electrons. The Kier molecular flexibility index (Phi) is 8.71. The van der Waals surface area contributed by atoms with Gasteiger partial charge in [-0.3, -0.25) is 0 Å². The summed E-state index contributed by atoms with van der Waals surface area (Å²) in [7, 11) is -0.193. The van der Waals surface area contributed by atoms with Crippen LogP contribution >= 0.6 is 0 Å². The average molecular weight is 592 g/mol. The molecule has 2 atom stereocenters. The van der Waals surface area contributed by atoms with E-state index >= 15 is 0 Å². The van der Waals surface area contributed by atoms with E-state index in [1.807, 2.05) is 60.7 Å². The van der Waals surface area contributed by atoms with Crippen LogP contribution in [0.15, 0.2) is 115 Å². The number of aliphatic hydroxyl groups excluding tert-OH is 1. The normalized spacial score (nSPS) is 14.0. The smallest absolute Gasteiger partial charge is 0.161 e. The van der Waals surface area contributed by atoms with Gasteiger partial charge in [0.1, 0.15) is 11.4 Å². The molecule has 1 N–H and O–H groups in total. The molecule has 0 aliphatic rings. The molecule has 0 fully saturated rings. The molecule has 0 amide bonds. The van der Waals surface area contributed by atoms with Gasteiger partial charge < -0.3 is 18.8 Å². The third-order valence-electron chi connectivity index (χ3n) is 9.58. The van der Waals surface area contributed by atoms with Crippen molar-refractivity contribution in [3.8, 4) is 5.75 Å². The molecule has 4 aromatic carbocycles. The first-order valence-corrected chi connectivity index (χ1v) is 18.1. The van der Waals surface area contributed by atoms with Crippen LogP contribution < -0.4 is 4.74 Å². The third-order valence-corrected chi connectivity index (χ3v) is 14.8. The van der Waals surface area contributed by atoms with Gasteiger partial charge in [0.05, 0.1) is 25.3 Å². The zero-order valence-corrected chi connectivity index (χ0v) is 27.5. The van der Waals surface area contributed by atoms with Crippen molar-refractivity contribution in [2.45, 2.75) is 63.5 Å². The second-order valence-electron chi connectivity index (χ2n) is 13.1. The average Bonchev–Trinajstić information content (AvgIpc) is 3.48. The number of benzene rings is 4. The van der Waals surface area contributed by atoms with Crippen LogP contribution in [0.25, 0.3) is 10.9 Å². The maximum Gasteiger partial charge on any atom is 0.161 e. The van der Waals surface area contributed by atoms with Crippen molar-refractivity contribution in [2.24, 2.45) is 0 Å². The van der Waals surface area contributed by atoms with Gasteiger partial charge in [-0.05, 0) is 45.6 Å². The number of hydrogen-bond acceptors (Lipinski definition) is 3. The summed E-state index contributed by atoms with van der Waals surface area (Å²) in [6.07, 6.45) is 1.47. The molecule has 5 aromatic rings. The fourth-order valence-corrected chi connectivity index (χ4v) is 7.93. The molecule has 0 aliphatic heterocycles. The maximum atomic E-state index is 11.8. The Labute approximate surface area is 258 Å². The lowest BCUT2D eigenvalue weighted by molar-refractivity contribution is -0.0439. The molecule has 0 bridgehead atoms. The number of aliphatic hydroxyl groups is 1. The van der Waals surface area contributed by atoms with E-state index in [1.54, 1.807) is 7.11 Å². The summed E-state index contributed by atoms with van der Waals surface area (Å²) in [6, 6.07) is 37.3. The molecule has 0 saturated carbocycles. The van der Waals surface area contributed by atoms with E-state index in [0.717, 1.165) is 38.9 Å². The second kappa shape index (κ2) is 12.2. The van der Waals surface area contributed by atoms with Crippen molar-refractivity contribution in [3.63, 3.8) is 0 Å². The predicted octanol–water partition coefficient (Wildman–Crippen LogP) is 8.98. The van der Waals surface area contributed by atoms with Gasteiger partial charge in [-0.15, -0.1) is 0 Å². The van der Waals surface area contributed by atoms with Gasteiger partial charge in [0.25, 0.3) is 0 Å². The highest BCUT2D eigenvalue weighted by Crippen LogP contribution is 2.44. The lowest BCUT2D eigenvalue weighted by atomic mass is 9.80. The molecule has 0 unspecified atom stereocenters. The summed E-state index contributed by atoms with van der Waals surface area (Å²) in [6.45, 7) is 14.0. The van der Waals surface area contributed by atoms with E-state index in [4.69, 9.17) is 9.47 Å². The highest BCUT2D eigenvalue weighted by molar-refractivity contribution is 6.79. The van der Waals surface area contributed by atoms with Crippen LogP contribution in [-0.2, 0) is 10.3 Å². The van der Waals surface area contributed by atoms with Crippen molar-refractivity contribution < 1.29 is 14.6 Å². The van der Waals surface area contributed by atoms with Crippen LogP contribution in [0.5, 0.6) is 5.75 Å². The van der Waals surface area contributed by atoms with E-state index < -0.39 is 19.9 Å². The molecule has 5 heteroatoms. The van der Waals surface area contributed by atoms with Crippen LogP contribution in [0.4, 0.5) is 0 Å². The van der Waals surface area contributed by atoms with Crippen LogP contribution in [-0.4, -0.2) is 37.4 Å². The maximum absolute atomic E-state index is 11.8. The molecule has 43 heavy (non-hydrogen) atoms. The fraction of sp³-hybridized carbons (Fsp3) is 0.316. The summed E-state index contributed by atoms with van der Waals surface area (Å²) in [5.41, 5.74) is 4.38. The number of ether oxygens (including phenoxy) is 2. The van der Waals surface area contributed by atoms with Crippen molar-refractivity contribution in [3.05, 3.63) is 138 Å². The fourth-order valence-electron chi connectivity index (χ4n) is 5.97. The van der Waals surface area contributed by atoms with Crippen LogP contribution in [0.3, 0.4) is 0 Å². The number of hydrogen-bond donors (Lipinski definition) is 1. The summed E-state index contributed by atoms with van der Waals surface area (Å²) in [5.74, 6) is 0.687. The number of fused-ring (bicyclic) bond motifs is 1. The Hall–Kier alpha value is -3.64. The lowest BCUT2D eigenvalue weighted by Gasteiger charge is -2.39. The van der Waals surface area contributed by atoms with E-state index in [0.29, 0.717) is 0 Å². The molecule has 0 spiro atoms. The molecule has 0 saturated heterocycles. The van der Waals surface area contributed by atoms with Gasteiger partial charge in [-0.1, -0.05) is 138 Å². The highest BCUT2D eigenvalue weighted by atomic mass is 28.3. The Morgan fingerprint density at radius 2 is 1.23 bits per heavy atom. The third kappa shape index (κ3) is 5.58. The first kappa shape index (κ1) is 30.8. The Morgan fingerprint density at radius 1 is 0.744 bits per heavy atom. The largest absolute Gasteiger partial charge is 0.495 e. The van der Waals surface area contributed by atoms with Gasteiger partial charge >= 0.3 is 0 Å². The van der Waals surface area contributed by atoms with Gasteiger partial charge in [0.15, 0.2) is 8.24 Å². The first-order chi connectivity index (χ1) is 20.5. The van der Waals surface area contributed by atoms with Crippen molar-refractivity contribution in [1.82, 2.24) is 4.23 Å². The van der Waals surface area contributed by atoms with Crippen molar-refractivity contribution in [1.29, 1.82) is 0 Å². The Bertz CT molecular complexity index is 1540. The molecule has 1 heterocycles. The van der Waals surface area contributed by atoms with Crippen LogP contribution in [0.1, 0.15) is 55.9 Å². The number of methoxy groups -OCH3 is 1. The number of nitrogens with zero attached hydrogens (tertiary/aromatic N) is 1. The summed E-state index contributed by atoms with van der Waals surface area (Å²) >= 11 is 0. The van der Waals surface area contributed by atoms with Crippen LogP contribution in [0.2, 0.25) is 18.1 Å². The first-order valence-electron chi connectivity index (χ1n) is 15.2. The van der Waals surface area contributed by atoms with E-state index in [9.17, 15) is 5.11 Å². The minimum Gasteiger partial charge on any atom is -0.495 e. The van der Waals surface area contributed by atoms with E-state index in [2.05, 4.69) is 99.7 Å². The molecule has 5 rings (SSSR count). The Morgan fingerprint density at radius 3 is 1.67 bits per heavy atom. The van der Waals surface area contributed by atoms with Gasteiger partial charge in [-0.2, -0.15) is 0 Å². The molecule has 0 aliphatic carbocycles. The number of rotatable bonds is 10. The van der Waals surface area contributed by atoms with Gasteiger partial charge in [0.2, 0.25) is 0 Å². The zero-order chi connectivity index (χ0) is 30.8. The summed E-state index contributed by atoms with van der Waals surface area (Å²) < 4.78 is 15.3. The second-order valence-corrected chi connectivity index (χ2v) is 18.2. The van der Waals surface area contributed by atoms with Gasteiger partial charge in [0, 0.05) is 11.3 Å². The molecular formula is C38H45NO3Si. The van der Waals surface area contributed by atoms with E-state index in [1.165, 1.54) is 0 Å². The highest BCUT2D eigenvalue weighted by Gasteiger charge is 2.40. The quantitative estimate of drug-likeness (QED) is 0.130. The topological polar surface area (TPSA) is 43.6 Å².